The number of ether oxygens (including phenoxy) is 2. The van der Waals surface area contributed by atoms with Gasteiger partial charge in [-0.2, -0.15) is 0 Å². The van der Waals surface area contributed by atoms with Crippen LogP contribution in [0.5, 0.6) is 11.5 Å². The quantitative estimate of drug-likeness (QED) is 0.619. The number of fused-ring (bicyclic) bond motifs is 1. The highest BCUT2D eigenvalue weighted by Gasteiger charge is 2.21. The van der Waals surface area contributed by atoms with Crippen LogP contribution < -0.4 is 9.47 Å². The van der Waals surface area contributed by atoms with E-state index in [1.54, 1.807) is 0 Å². The van der Waals surface area contributed by atoms with Crippen LogP contribution in [0.15, 0.2) is 15.5 Å². The van der Waals surface area contributed by atoms with E-state index in [1.165, 1.54) is 12.1 Å². The highest BCUT2D eigenvalue weighted by atomic mass is 79.9. The number of benzene rings is 1. The van der Waals surface area contributed by atoms with Gasteiger partial charge < -0.3 is 9.47 Å². The largest absolute Gasteiger partial charge is 0.486 e. The van der Waals surface area contributed by atoms with Crippen LogP contribution in [-0.4, -0.2) is 19.3 Å². The predicted octanol–water partition coefficient (Wildman–Crippen LogP) is 2.20. The molecule has 1 aromatic rings. The van der Waals surface area contributed by atoms with Crippen molar-refractivity contribution in [3.8, 4) is 11.5 Å². The molecule has 1 aromatic carbocycles. The van der Waals surface area contributed by atoms with E-state index >= 15 is 0 Å². The Morgan fingerprint density at radius 1 is 1.50 bits per heavy atom. The molecular formula is C10H7BrFNO3. The number of halogens is 2. The zero-order valence-corrected chi connectivity index (χ0v) is 9.71. The molecule has 0 radical (unpaired) electrons. The molecular weight excluding hydrogens is 281 g/mol. The number of isocyanates is 1. The third kappa shape index (κ3) is 1.94. The molecule has 0 aromatic heterocycles. The SMILES string of the molecule is O=C=NCc1cc2c(c(Br)c1F)OCCO2. The number of hydrogen-bond acceptors (Lipinski definition) is 4. The molecule has 1 aliphatic heterocycles. The first kappa shape index (κ1) is 11.1. The summed E-state index contributed by atoms with van der Waals surface area (Å²) in [5.74, 6) is 0.307. The van der Waals surface area contributed by atoms with Crippen LogP contribution in [0.25, 0.3) is 0 Å². The third-order valence-corrected chi connectivity index (χ3v) is 2.81. The van der Waals surface area contributed by atoms with Crippen molar-refractivity contribution in [3.05, 3.63) is 21.9 Å². The molecule has 2 rings (SSSR count). The maximum atomic E-state index is 13.7. The summed E-state index contributed by atoms with van der Waals surface area (Å²) in [6.07, 6.45) is 1.36. The van der Waals surface area contributed by atoms with Gasteiger partial charge in [0.2, 0.25) is 6.08 Å². The van der Waals surface area contributed by atoms with Gasteiger partial charge in [0.05, 0.1) is 11.0 Å². The van der Waals surface area contributed by atoms with Gasteiger partial charge in [-0.25, -0.2) is 14.2 Å². The van der Waals surface area contributed by atoms with Crippen LogP contribution in [0.1, 0.15) is 5.56 Å². The molecule has 84 valence electrons. The van der Waals surface area contributed by atoms with Crippen LogP contribution in [0, 0.1) is 5.82 Å². The van der Waals surface area contributed by atoms with Crippen molar-refractivity contribution in [2.45, 2.75) is 6.54 Å². The molecule has 0 atom stereocenters. The highest BCUT2D eigenvalue weighted by Crippen LogP contribution is 2.40. The van der Waals surface area contributed by atoms with Crippen molar-refractivity contribution >= 4 is 22.0 Å². The number of nitrogens with zero attached hydrogens (tertiary/aromatic N) is 1. The summed E-state index contributed by atoms with van der Waals surface area (Å²) in [7, 11) is 0. The smallest absolute Gasteiger partial charge is 0.235 e. The molecule has 6 heteroatoms. The van der Waals surface area contributed by atoms with E-state index in [9.17, 15) is 9.18 Å². The topological polar surface area (TPSA) is 47.9 Å². The van der Waals surface area contributed by atoms with Crippen LogP contribution in [0.3, 0.4) is 0 Å². The molecule has 16 heavy (non-hydrogen) atoms. The summed E-state index contributed by atoms with van der Waals surface area (Å²) in [4.78, 5) is 13.3. The lowest BCUT2D eigenvalue weighted by Gasteiger charge is -2.20. The average molecular weight is 288 g/mol. The Morgan fingerprint density at radius 3 is 3.00 bits per heavy atom. The zero-order chi connectivity index (χ0) is 11.5. The fourth-order valence-corrected chi connectivity index (χ4v) is 1.97. The minimum absolute atomic E-state index is 0.0649. The Balaban J connectivity index is 2.47. The first-order chi connectivity index (χ1) is 7.74. The molecule has 0 saturated carbocycles. The molecule has 0 saturated heterocycles. The van der Waals surface area contributed by atoms with Crippen molar-refractivity contribution in [1.82, 2.24) is 0 Å². The van der Waals surface area contributed by atoms with Crippen molar-refractivity contribution in [2.75, 3.05) is 13.2 Å². The summed E-state index contributed by atoms with van der Waals surface area (Å²) in [5.41, 5.74) is 0.263. The fourth-order valence-electron chi connectivity index (χ4n) is 1.41. The molecule has 0 aliphatic carbocycles. The van der Waals surface area contributed by atoms with E-state index in [1.807, 2.05) is 0 Å². The summed E-state index contributed by atoms with van der Waals surface area (Å²) in [5, 5.41) is 0. The Morgan fingerprint density at radius 2 is 2.25 bits per heavy atom. The Labute approximate surface area is 99.2 Å². The zero-order valence-electron chi connectivity index (χ0n) is 8.13. The summed E-state index contributed by atoms with van der Waals surface area (Å²) >= 11 is 3.09. The van der Waals surface area contributed by atoms with Gasteiger partial charge in [0.15, 0.2) is 11.5 Å². The molecule has 1 heterocycles. The molecule has 0 N–H and O–H groups in total. The van der Waals surface area contributed by atoms with Crippen LogP contribution in [0.2, 0.25) is 0 Å². The summed E-state index contributed by atoms with van der Waals surface area (Å²) in [6, 6.07) is 1.48. The average Bonchev–Trinajstić information content (AvgIpc) is 2.32. The van der Waals surface area contributed by atoms with Crippen molar-refractivity contribution < 1.29 is 18.7 Å². The van der Waals surface area contributed by atoms with E-state index in [0.717, 1.165) is 0 Å². The molecule has 4 nitrogen and oxygen atoms in total. The van der Waals surface area contributed by atoms with Crippen molar-refractivity contribution in [2.24, 2.45) is 4.99 Å². The monoisotopic (exact) mass is 287 g/mol. The highest BCUT2D eigenvalue weighted by molar-refractivity contribution is 9.10. The molecule has 0 fully saturated rings. The normalized spacial score (nSPS) is 13.1. The third-order valence-electron chi connectivity index (χ3n) is 2.10. The number of rotatable bonds is 2. The first-order valence-corrected chi connectivity index (χ1v) is 5.33. The maximum Gasteiger partial charge on any atom is 0.235 e. The van der Waals surface area contributed by atoms with Crippen LogP contribution in [-0.2, 0) is 11.3 Å². The van der Waals surface area contributed by atoms with Gasteiger partial charge in [-0.3, -0.25) is 0 Å². The molecule has 0 unspecified atom stereocenters. The molecule has 0 amide bonds. The standard InChI is InChI=1S/C10H7BrFNO3/c11-8-9(12)6(4-13-5-14)3-7-10(8)16-2-1-15-7/h3H,1-2,4H2. The van der Waals surface area contributed by atoms with Crippen LogP contribution >= 0.6 is 15.9 Å². The predicted molar refractivity (Wildman–Crippen MR) is 56.9 cm³/mol. The Bertz CT molecular complexity index is 472. The van der Waals surface area contributed by atoms with Gasteiger partial charge >= 0.3 is 0 Å². The van der Waals surface area contributed by atoms with E-state index in [2.05, 4.69) is 20.9 Å². The second-order valence-electron chi connectivity index (χ2n) is 3.10. The lowest BCUT2D eigenvalue weighted by Crippen LogP contribution is -2.16. The van der Waals surface area contributed by atoms with Gasteiger partial charge in [-0.05, 0) is 22.0 Å². The van der Waals surface area contributed by atoms with E-state index in [4.69, 9.17) is 9.47 Å². The summed E-state index contributed by atoms with van der Waals surface area (Å²) < 4.78 is 24.5. The minimum atomic E-state index is -0.497. The minimum Gasteiger partial charge on any atom is -0.486 e. The second kappa shape index (κ2) is 4.63. The number of carbonyl (C=O) groups excluding carboxylic acids is 1. The van der Waals surface area contributed by atoms with Gasteiger partial charge in [-0.15, -0.1) is 0 Å². The van der Waals surface area contributed by atoms with E-state index in [-0.39, 0.29) is 16.6 Å². The second-order valence-corrected chi connectivity index (χ2v) is 3.89. The maximum absolute atomic E-state index is 13.7. The summed E-state index contributed by atoms with van der Waals surface area (Å²) in [6.45, 7) is 0.739. The molecule has 0 spiro atoms. The lowest BCUT2D eigenvalue weighted by atomic mass is 10.2. The first-order valence-electron chi connectivity index (χ1n) is 4.54. The molecule has 1 aliphatic rings. The number of hydrogen-bond donors (Lipinski definition) is 0. The van der Waals surface area contributed by atoms with E-state index < -0.39 is 5.82 Å². The Hall–Kier alpha value is -1.39. The van der Waals surface area contributed by atoms with Gasteiger partial charge in [0.25, 0.3) is 0 Å². The van der Waals surface area contributed by atoms with E-state index in [0.29, 0.717) is 24.7 Å². The van der Waals surface area contributed by atoms with Crippen molar-refractivity contribution in [3.63, 3.8) is 0 Å². The molecule has 0 bridgehead atoms. The number of aliphatic imine (C=N–C) groups is 1. The van der Waals surface area contributed by atoms with Gasteiger partial charge in [-0.1, -0.05) is 0 Å². The van der Waals surface area contributed by atoms with Gasteiger partial charge in [0, 0.05) is 5.56 Å². The van der Waals surface area contributed by atoms with Crippen molar-refractivity contribution in [1.29, 1.82) is 0 Å². The lowest BCUT2D eigenvalue weighted by molar-refractivity contribution is 0.169. The van der Waals surface area contributed by atoms with Gasteiger partial charge in [0.1, 0.15) is 19.0 Å². The van der Waals surface area contributed by atoms with Crippen LogP contribution in [0.4, 0.5) is 4.39 Å². The Kier molecular flexibility index (Phi) is 3.22. The fraction of sp³-hybridized carbons (Fsp3) is 0.300.